The zero-order valence-electron chi connectivity index (χ0n) is 25.6. The van der Waals surface area contributed by atoms with Crippen LogP contribution < -0.4 is 19.7 Å². The lowest BCUT2D eigenvalue weighted by molar-refractivity contribution is 0.0941. The number of carbonyl (C=O) groups is 2. The van der Waals surface area contributed by atoms with Crippen molar-refractivity contribution < 1.29 is 23.8 Å². The number of likely N-dealkylation sites (N-methyl/N-ethyl adjacent to an activating group) is 1. The lowest BCUT2D eigenvalue weighted by atomic mass is 10.1. The van der Waals surface area contributed by atoms with Gasteiger partial charge in [0, 0.05) is 49.7 Å². The van der Waals surface area contributed by atoms with E-state index in [4.69, 9.17) is 19.2 Å². The second kappa shape index (κ2) is 13.8. The lowest BCUT2D eigenvalue weighted by Gasteiger charge is -2.34. The highest BCUT2D eigenvalue weighted by Gasteiger charge is 2.26. The van der Waals surface area contributed by atoms with Crippen LogP contribution in [0.4, 0.5) is 16.3 Å². The highest BCUT2D eigenvalue weighted by Crippen LogP contribution is 2.30. The summed E-state index contributed by atoms with van der Waals surface area (Å²) in [5, 5.41) is 4.86. The first-order chi connectivity index (χ1) is 22.0. The fourth-order valence-corrected chi connectivity index (χ4v) is 5.74. The first kappa shape index (κ1) is 30.1. The second-order valence-electron chi connectivity index (χ2n) is 11.3. The molecule has 0 saturated carbocycles. The molecule has 3 aromatic carbocycles. The first-order valence-corrected chi connectivity index (χ1v) is 15.3. The minimum atomic E-state index is -0.386. The number of amides is 2. The summed E-state index contributed by atoms with van der Waals surface area (Å²) < 4.78 is 17.1. The fraction of sp³-hybridized carbons (Fsp3) is 0.353. The summed E-state index contributed by atoms with van der Waals surface area (Å²) in [6.07, 6.45) is 1.80. The summed E-state index contributed by atoms with van der Waals surface area (Å²) in [5.41, 5.74) is 1.74. The van der Waals surface area contributed by atoms with Crippen LogP contribution in [0.1, 0.15) is 28.9 Å². The molecular formula is C34H38N6O5. The molecule has 1 atom stereocenters. The Morgan fingerprint density at radius 1 is 0.933 bits per heavy atom. The van der Waals surface area contributed by atoms with Crippen LogP contribution in [0.2, 0.25) is 0 Å². The largest absolute Gasteiger partial charge is 0.497 e. The molecule has 0 aliphatic carbocycles. The number of benzene rings is 3. The zero-order chi connectivity index (χ0) is 31.2. The van der Waals surface area contributed by atoms with Crippen molar-refractivity contribution in [3.8, 4) is 11.8 Å². The Morgan fingerprint density at radius 3 is 2.47 bits per heavy atom. The molecule has 2 saturated heterocycles. The molecule has 11 nitrogen and oxygen atoms in total. The lowest BCUT2D eigenvalue weighted by Crippen LogP contribution is -2.49. The molecular weight excluding hydrogens is 572 g/mol. The maximum atomic E-state index is 13.7. The number of hydrogen-bond donors (Lipinski definition) is 1. The van der Waals surface area contributed by atoms with Gasteiger partial charge < -0.3 is 34.2 Å². The van der Waals surface area contributed by atoms with E-state index in [1.165, 1.54) is 0 Å². The van der Waals surface area contributed by atoms with Gasteiger partial charge in [-0.3, -0.25) is 4.79 Å². The van der Waals surface area contributed by atoms with Crippen LogP contribution in [0.3, 0.4) is 0 Å². The Balaban J connectivity index is 1.19. The molecule has 0 radical (unpaired) electrons. The number of rotatable bonds is 9. The van der Waals surface area contributed by atoms with Crippen LogP contribution in [0.25, 0.3) is 10.8 Å². The maximum Gasteiger partial charge on any atom is 0.410 e. The molecule has 2 fully saturated rings. The fourth-order valence-electron chi connectivity index (χ4n) is 5.74. The Kier molecular flexibility index (Phi) is 9.25. The predicted molar refractivity (Wildman–Crippen MR) is 172 cm³/mol. The average molecular weight is 611 g/mol. The number of piperazine rings is 1. The van der Waals surface area contributed by atoms with Crippen LogP contribution in [-0.2, 0) is 11.3 Å². The van der Waals surface area contributed by atoms with Crippen LogP contribution in [0.15, 0.2) is 72.8 Å². The highest BCUT2D eigenvalue weighted by molar-refractivity contribution is 6.09. The molecule has 45 heavy (non-hydrogen) atoms. The SMILES string of the molecule is COc1cc(NC(=O)c2cc(N3CCN(C(=O)OCc4ccccc4)CC3)nc(OC[C@@H]3CCCN3C)n2)c2ccccc2c1. The minimum absolute atomic E-state index is 0.151. The number of nitrogens with one attached hydrogen (secondary N) is 1. The quantitative estimate of drug-likeness (QED) is 0.285. The number of hydrogen-bond acceptors (Lipinski definition) is 9. The summed E-state index contributed by atoms with van der Waals surface area (Å²) in [5.74, 6) is 0.818. The summed E-state index contributed by atoms with van der Waals surface area (Å²) in [4.78, 5) is 41.6. The van der Waals surface area contributed by atoms with Gasteiger partial charge in [0.1, 0.15) is 30.5 Å². The molecule has 0 spiro atoms. The molecule has 6 rings (SSSR count). The van der Waals surface area contributed by atoms with Gasteiger partial charge in [0.25, 0.3) is 5.91 Å². The number of likely N-dealkylation sites (tertiary alicyclic amines) is 1. The summed E-state index contributed by atoms with van der Waals surface area (Å²) in [6, 6.07) is 23.2. The van der Waals surface area contributed by atoms with Gasteiger partial charge in [0.05, 0.1) is 12.8 Å². The van der Waals surface area contributed by atoms with Crippen molar-refractivity contribution in [3.05, 3.63) is 84.1 Å². The third kappa shape index (κ3) is 7.26. The van der Waals surface area contributed by atoms with Crippen molar-refractivity contribution in [2.24, 2.45) is 0 Å². The number of aromatic nitrogens is 2. The Hall–Kier alpha value is -4.90. The summed E-state index contributed by atoms with van der Waals surface area (Å²) in [7, 11) is 3.68. The standard InChI is InChI=1S/C34H38N6O5/c1-38-14-8-12-26(38)23-44-33-36-30(32(41)35-29-20-27(43-2)19-25-11-6-7-13-28(25)29)21-31(37-33)39-15-17-40(18-16-39)34(42)45-22-24-9-4-3-5-10-24/h3-7,9-11,13,19-21,26H,8,12,14-18,22-23H2,1-2H3,(H,35,41)/t26-/m0/s1. The molecule has 234 valence electrons. The molecule has 2 aliphatic rings. The minimum Gasteiger partial charge on any atom is -0.497 e. The van der Waals surface area contributed by atoms with Gasteiger partial charge in [0.15, 0.2) is 0 Å². The van der Waals surface area contributed by atoms with E-state index in [0.29, 0.717) is 50.0 Å². The van der Waals surface area contributed by atoms with Crippen LogP contribution >= 0.6 is 0 Å². The highest BCUT2D eigenvalue weighted by atomic mass is 16.6. The smallest absolute Gasteiger partial charge is 0.410 e. The number of methoxy groups -OCH3 is 1. The van der Waals surface area contributed by atoms with E-state index >= 15 is 0 Å². The Bertz CT molecular complexity index is 1640. The average Bonchev–Trinajstić information content (AvgIpc) is 3.50. The van der Waals surface area contributed by atoms with Gasteiger partial charge in [-0.2, -0.15) is 9.97 Å². The van der Waals surface area contributed by atoms with Gasteiger partial charge >= 0.3 is 12.1 Å². The van der Waals surface area contributed by atoms with Gasteiger partial charge in [-0.15, -0.1) is 0 Å². The van der Waals surface area contributed by atoms with Crippen LogP contribution in [0.5, 0.6) is 11.8 Å². The number of anilines is 2. The van der Waals surface area contributed by atoms with E-state index in [9.17, 15) is 9.59 Å². The zero-order valence-corrected chi connectivity index (χ0v) is 25.6. The Morgan fingerprint density at radius 2 is 1.71 bits per heavy atom. The number of nitrogens with zero attached hydrogens (tertiary/aromatic N) is 5. The molecule has 11 heteroatoms. The topological polar surface area (TPSA) is 109 Å². The van der Waals surface area contributed by atoms with E-state index in [-0.39, 0.29) is 36.4 Å². The second-order valence-corrected chi connectivity index (χ2v) is 11.3. The van der Waals surface area contributed by atoms with Crippen molar-refractivity contribution in [3.63, 3.8) is 0 Å². The van der Waals surface area contributed by atoms with Crippen molar-refractivity contribution >= 4 is 34.3 Å². The van der Waals surface area contributed by atoms with Crippen molar-refractivity contribution in [2.45, 2.75) is 25.5 Å². The molecule has 3 heterocycles. The maximum absolute atomic E-state index is 13.7. The van der Waals surface area contributed by atoms with Crippen LogP contribution in [0, 0.1) is 0 Å². The van der Waals surface area contributed by atoms with Crippen molar-refractivity contribution in [2.75, 3.05) is 63.7 Å². The van der Waals surface area contributed by atoms with Gasteiger partial charge in [0.2, 0.25) is 0 Å². The molecule has 0 unspecified atom stereocenters. The van der Waals surface area contributed by atoms with E-state index < -0.39 is 0 Å². The normalized spacial score (nSPS) is 16.9. The first-order valence-electron chi connectivity index (χ1n) is 15.3. The molecule has 4 aromatic rings. The molecule has 2 aliphatic heterocycles. The molecule has 2 amide bonds. The Labute approximate surface area is 262 Å². The van der Waals surface area contributed by atoms with E-state index in [2.05, 4.69) is 22.2 Å². The molecule has 0 bridgehead atoms. The summed E-state index contributed by atoms with van der Waals surface area (Å²) >= 11 is 0. The van der Waals surface area contributed by atoms with Gasteiger partial charge in [-0.1, -0.05) is 54.6 Å². The monoisotopic (exact) mass is 610 g/mol. The molecule has 1 N–H and O–H groups in total. The molecule has 1 aromatic heterocycles. The van der Waals surface area contributed by atoms with E-state index in [1.807, 2.05) is 65.6 Å². The summed E-state index contributed by atoms with van der Waals surface area (Å²) in [6.45, 7) is 3.63. The van der Waals surface area contributed by atoms with Crippen LogP contribution in [-0.4, -0.2) is 91.3 Å². The van der Waals surface area contributed by atoms with Gasteiger partial charge in [-0.25, -0.2) is 4.79 Å². The number of carbonyl (C=O) groups excluding carboxylic acids is 2. The third-order valence-electron chi connectivity index (χ3n) is 8.39. The van der Waals surface area contributed by atoms with Gasteiger partial charge in [-0.05, 0) is 43.5 Å². The van der Waals surface area contributed by atoms with E-state index in [1.54, 1.807) is 24.1 Å². The van der Waals surface area contributed by atoms with Crippen molar-refractivity contribution in [1.29, 1.82) is 0 Å². The number of fused-ring (bicyclic) bond motifs is 1. The van der Waals surface area contributed by atoms with Crippen molar-refractivity contribution in [1.82, 2.24) is 19.8 Å². The third-order valence-corrected chi connectivity index (χ3v) is 8.39. The predicted octanol–water partition coefficient (Wildman–Crippen LogP) is 4.82. The van der Waals surface area contributed by atoms with E-state index in [0.717, 1.165) is 35.7 Å². The number of ether oxygens (including phenoxy) is 3.